The molecular weight excluding hydrogens is 356 g/mol. The minimum Gasteiger partial charge on any atom is -0.474 e. The Kier molecular flexibility index (Phi) is 5.21. The molecule has 1 aliphatic heterocycles. The second-order valence-corrected chi connectivity index (χ2v) is 7.60. The number of aromatic nitrogens is 1. The lowest BCUT2D eigenvalue weighted by atomic mass is 10.0. The molecule has 4 nitrogen and oxygen atoms in total. The Morgan fingerprint density at radius 3 is 2.52 bits per heavy atom. The average molecular weight is 378 g/mol. The summed E-state index contributed by atoms with van der Waals surface area (Å²) in [7, 11) is 0. The third-order valence-electron chi connectivity index (χ3n) is 4.87. The predicted molar refractivity (Wildman–Crippen MR) is 108 cm³/mol. The number of thiophene rings is 1. The van der Waals surface area contributed by atoms with Crippen LogP contribution in [0.15, 0.2) is 59.3 Å². The second-order valence-electron chi connectivity index (χ2n) is 6.82. The van der Waals surface area contributed by atoms with E-state index in [1.165, 1.54) is 5.56 Å². The van der Waals surface area contributed by atoms with Crippen LogP contribution in [0.25, 0.3) is 11.1 Å². The number of piperidine rings is 1. The number of pyridine rings is 1. The van der Waals surface area contributed by atoms with Gasteiger partial charge in [-0.15, -0.1) is 0 Å². The number of aryl methyl sites for hydroxylation is 1. The topological polar surface area (TPSA) is 42.4 Å². The third-order valence-corrected chi connectivity index (χ3v) is 5.55. The van der Waals surface area contributed by atoms with Gasteiger partial charge in [0, 0.05) is 43.3 Å². The van der Waals surface area contributed by atoms with Gasteiger partial charge in [-0.1, -0.05) is 18.2 Å². The summed E-state index contributed by atoms with van der Waals surface area (Å²) in [6.45, 7) is 3.38. The lowest BCUT2D eigenvalue weighted by Crippen LogP contribution is -2.41. The SMILES string of the molecule is Cc1cccc(OC2CCN(C(=O)c3ccc(-c4ccsc4)cc3)CC2)n1. The maximum Gasteiger partial charge on any atom is 0.253 e. The fourth-order valence-electron chi connectivity index (χ4n) is 3.35. The molecule has 27 heavy (non-hydrogen) atoms. The molecule has 4 rings (SSSR count). The summed E-state index contributed by atoms with van der Waals surface area (Å²) in [6.07, 6.45) is 1.77. The number of hydrogen-bond acceptors (Lipinski definition) is 4. The van der Waals surface area contributed by atoms with Crippen molar-refractivity contribution in [3.8, 4) is 17.0 Å². The van der Waals surface area contributed by atoms with Crippen molar-refractivity contribution in [2.75, 3.05) is 13.1 Å². The van der Waals surface area contributed by atoms with Gasteiger partial charge in [-0.05, 0) is 53.1 Å². The van der Waals surface area contributed by atoms with E-state index in [1.54, 1.807) is 11.3 Å². The molecule has 0 radical (unpaired) electrons. The van der Waals surface area contributed by atoms with Gasteiger partial charge in [0.15, 0.2) is 0 Å². The first-order valence-corrected chi connectivity index (χ1v) is 10.2. The number of carbonyl (C=O) groups excluding carboxylic acids is 1. The van der Waals surface area contributed by atoms with Crippen molar-refractivity contribution in [3.63, 3.8) is 0 Å². The van der Waals surface area contributed by atoms with Crippen LogP contribution in [0.1, 0.15) is 28.9 Å². The number of carbonyl (C=O) groups is 1. The standard InChI is InChI=1S/C22H22N2O2S/c1-16-3-2-4-21(23-16)26-20-9-12-24(13-10-20)22(25)18-7-5-17(6-8-18)19-11-14-27-15-19/h2-8,11,14-15,20H,9-10,12-13H2,1H3. The van der Waals surface area contributed by atoms with E-state index in [-0.39, 0.29) is 12.0 Å². The number of hydrogen-bond donors (Lipinski definition) is 0. The van der Waals surface area contributed by atoms with E-state index < -0.39 is 0 Å². The molecule has 0 N–H and O–H groups in total. The van der Waals surface area contributed by atoms with Gasteiger partial charge in [-0.3, -0.25) is 4.79 Å². The molecule has 0 aliphatic carbocycles. The van der Waals surface area contributed by atoms with Crippen molar-refractivity contribution in [2.45, 2.75) is 25.9 Å². The van der Waals surface area contributed by atoms with Gasteiger partial charge in [0.25, 0.3) is 5.91 Å². The Morgan fingerprint density at radius 2 is 1.85 bits per heavy atom. The highest BCUT2D eigenvalue weighted by atomic mass is 32.1. The highest BCUT2D eigenvalue weighted by molar-refractivity contribution is 7.08. The van der Waals surface area contributed by atoms with Crippen LogP contribution in [0.5, 0.6) is 5.88 Å². The van der Waals surface area contributed by atoms with Crippen molar-refractivity contribution in [1.82, 2.24) is 9.88 Å². The Balaban J connectivity index is 1.34. The van der Waals surface area contributed by atoms with Gasteiger partial charge in [-0.25, -0.2) is 4.98 Å². The molecule has 0 unspecified atom stereocenters. The summed E-state index contributed by atoms with van der Waals surface area (Å²) in [5.41, 5.74) is 4.03. The molecule has 3 heterocycles. The van der Waals surface area contributed by atoms with Gasteiger partial charge in [0.2, 0.25) is 5.88 Å². The highest BCUT2D eigenvalue weighted by Crippen LogP contribution is 2.24. The van der Waals surface area contributed by atoms with Crippen LogP contribution in [-0.4, -0.2) is 35.0 Å². The lowest BCUT2D eigenvalue weighted by molar-refractivity contribution is 0.0588. The lowest BCUT2D eigenvalue weighted by Gasteiger charge is -2.32. The Bertz CT molecular complexity index is 898. The zero-order valence-corrected chi connectivity index (χ0v) is 16.1. The van der Waals surface area contributed by atoms with E-state index in [2.05, 4.69) is 21.8 Å². The van der Waals surface area contributed by atoms with Crippen LogP contribution in [0.4, 0.5) is 0 Å². The largest absolute Gasteiger partial charge is 0.474 e. The molecule has 5 heteroatoms. The number of ether oxygens (including phenoxy) is 1. The highest BCUT2D eigenvalue weighted by Gasteiger charge is 2.25. The van der Waals surface area contributed by atoms with E-state index in [1.807, 2.05) is 54.3 Å². The summed E-state index contributed by atoms with van der Waals surface area (Å²) in [5, 5.41) is 4.18. The minimum atomic E-state index is 0.0963. The van der Waals surface area contributed by atoms with Crippen molar-refractivity contribution >= 4 is 17.2 Å². The van der Waals surface area contributed by atoms with Gasteiger partial charge < -0.3 is 9.64 Å². The quantitative estimate of drug-likeness (QED) is 0.655. The van der Waals surface area contributed by atoms with Crippen LogP contribution in [0, 0.1) is 6.92 Å². The normalized spacial score (nSPS) is 14.9. The first kappa shape index (κ1) is 17.7. The summed E-state index contributed by atoms with van der Waals surface area (Å²) >= 11 is 1.68. The van der Waals surface area contributed by atoms with E-state index in [9.17, 15) is 4.79 Å². The fourth-order valence-corrected chi connectivity index (χ4v) is 4.01. The van der Waals surface area contributed by atoms with Gasteiger partial charge in [0.05, 0.1) is 0 Å². The third kappa shape index (κ3) is 4.19. The van der Waals surface area contributed by atoms with Crippen LogP contribution in [0.2, 0.25) is 0 Å². The van der Waals surface area contributed by atoms with E-state index in [0.29, 0.717) is 19.0 Å². The number of likely N-dealkylation sites (tertiary alicyclic amines) is 1. The Labute approximate surface area is 163 Å². The van der Waals surface area contributed by atoms with Crippen molar-refractivity contribution in [3.05, 3.63) is 70.5 Å². The van der Waals surface area contributed by atoms with Gasteiger partial charge >= 0.3 is 0 Å². The van der Waals surface area contributed by atoms with E-state index in [4.69, 9.17) is 4.74 Å². The first-order valence-electron chi connectivity index (χ1n) is 9.21. The maximum absolute atomic E-state index is 12.8. The van der Waals surface area contributed by atoms with Gasteiger partial charge in [-0.2, -0.15) is 11.3 Å². The fraction of sp³-hybridized carbons (Fsp3) is 0.273. The maximum atomic E-state index is 12.8. The molecule has 0 saturated carbocycles. The van der Waals surface area contributed by atoms with Crippen LogP contribution in [0.3, 0.4) is 0 Å². The number of rotatable bonds is 4. The number of benzene rings is 1. The monoisotopic (exact) mass is 378 g/mol. The van der Waals surface area contributed by atoms with Crippen LogP contribution in [-0.2, 0) is 0 Å². The summed E-state index contributed by atoms with van der Waals surface area (Å²) < 4.78 is 5.98. The zero-order valence-electron chi connectivity index (χ0n) is 15.3. The Hall–Kier alpha value is -2.66. The molecule has 0 spiro atoms. The molecule has 0 atom stereocenters. The van der Waals surface area contributed by atoms with Gasteiger partial charge in [0.1, 0.15) is 6.10 Å². The summed E-state index contributed by atoms with van der Waals surface area (Å²) in [4.78, 5) is 19.1. The zero-order chi connectivity index (χ0) is 18.6. The second kappa shape index (κ2) is 7.92. The van der Waals surface area contributed by atoms with E-state index >= 15 is 0 Å². The predicted octanol–water partition coefficient (Wildman–Crippen LogP) is 4.80. The Morgan fingerprint density at radius 1 is 1.07 bits per heavy atom. The van der Waals surface area contributed by atoms with Crippen LogP contribution >= 0.6 is 11.3 Å². The molecule has 1 saturated heterocycles. The number of amides is 1. The molecule has 3 aromatic rings. The molecular formula is C22H22N2O2S. The van der Waals surface area contributed by atoms with Crippen molar-refractivity contribution in [1.29, 1.82) is 0 Å². The molecule has 0 bridgehead atoms. The molecule has 2 aromatic heterocycles. The average Bonchev–Trinajstić information content (AvgIpc) is 3.23. The molecule has 1 aliphatic rings. The minimum absolute atomic E-state index is 0.0963. The van der Waals surface area contributed by atoms with Crippen molar-refractivity contribution < 1.29 is 9.53 Å². The van der Waals surface area contributed by atoms with Crippen molar-refractivity contribution in [2.24, 2.45) is 0 Å². The smallest absolute Gasteiger partial charge is 0.253 e. The van der Waals surface area contributed by atoms with Crippen LogP contribution < -0.4 is 4.74 Å². The summed E-state index contributed by atoms with van der Waals surface area (Å²) in [6, 6.07) is 15.8. The van der Waals surface area contributed by atoms with E-state index in [0.717, 1.165) is 29.7 Å². The molecule has 138 valence electrons. The molecule has 1 amide bonds. The number of nitrogens with zero attached hydrogens (tertiary/aromatic N) is 2. The molecule has 1 fully saturated rings. The molecule has 1 aromatic carbocycles. The summed E-state index contributed by atoms with van der Waals surface area (Å²) in [5.74, 6) is 0.766. The first-order chi connectivity index (χ1) is 13.2.